The molecule has 0 bridgehead atoms. The SMILES string of the molecule is CN=C(NCc1cccnc1N1CCOCC1)NC1CCN(Cc2ccccc2)CC1. The second kappa shape index (κ2) is 11.1. The normalized spacial score (nSPS) is 18.7. The lowest BCUT2D eigenvalue weighted by Gasteiger charge is -2.33. The molecule has 2 N–H and O–H groups in total. The zero-order valence-electron chi connectivity index (χ0n) is 18.5. The van der Waals surface area contributed by atoms with Crippen molar-refractivity contribution >= 4 is 11.8 Å². The third-order valence-electron chi connectivity index (χ3n) is 6.03. The van der Waals surface area contributed by atoms with Gasteiger partial charge in [0.2, 0.25) is 0 Å². The van der Waals surface area contributed by atoms with Crippen molar-refractivity contribution in [3.63, 3.8) is 0 Å². The first-order valence-corrected chi connectivity index (χ1v) is 11.3. The van der Waals surface area contributed by atoms with Crippen LogP contribution in [-0.2, 0) is 17.8 Å². The van der Waals surface area contributed by atoms with Crippen LogP contribution in [0.2, 0.25) is 0 Å². The number of piperidine rings is 1. The average Bonchev–Trinajstić information content (AvgIpc) is 2.84. The molecule has 2 aliphatic rings. The number of pyridine rings is 1. The molecule has 4 rings (SSSR count). The van der Waals surface area contributed by atoms with Crippen LogP contribution in [0, 0.1) is 0 Å². The van der Waals surface area contributed by atoms with Gasteiger partial charge in [0.25, 0.3) is 0 Å². The molecule has 1 aromatic heterocycles. The van der Waals surface area contributed by atoms with Crippen molar-refractivity contribution in [2.45, 2.75) is 32.0 Å². The molecule has 3 heterocycles. The van der Waals surface area contributed by atoms with Crippen molar-refractivity contribution in [1.29, 1.82) is 0 Å². The highest BCUT2D eigenvalue weighted by Crippen LogP contribution is 2.18. The van der Waals surface area contributed by atoms with E-state index < -0.39 is 0 Å². The summed E-state index contributed by atoms with van der Waals surface area (Å²) in [5, 5.41) is 7.11. The molecule has 0 spiro atoms. The van der Waals surface area contributed by atoms with Crippen LogP contribution in [0.15, 0.2) is 53.7 Å². The summed E-state index contributed by atoms with van der Waals surface area (Å²) in [6, 6.07) is 15.3. The van der Waals surface area contributed by atoms with E-state index in [1.165, 1.54) is 11.1 Å². The summed E-state index contributed by atoms with van der Waals surface area (Å²) in [6.45, 7) is 7.24. The Morgan fingerprint density at radius 2 is 1.84 bits per heavy atom. The molecule has 1 aromatic carbocycles. The standard InChI is InChI=1S/C24H34N6O/c1-25-24(27-18-21-8-5-11-26-23(21)30-14-16-31-17-15-30)28-22-9-12-29(13-10-22)19-20-6-3-2-4-7-20/h2-8,11,22H,9-10,12-19H2,1H3,(H2,25,27,28). The van der Waals surface area contributed by atoms with Crippen molar-refractivity contribution in [3.05, 3.63) is 59.8 Å². The quantitative estimate of drug-likeness (QED) is 0.550. The number of hydrogen-bond donors (Lipinski definition) is 2. The number of guanidine groups is 1. The number of benzene rings is 1. The van der Waals surface area contributed by atoms with Gasteiger partial charge in [-0.05, 0) is 24.5 Å². The van der Waals surface area contributed by atoms with E-state index in [0.29, 0.717) is 12.6 Å². The molecule has 166 valence electrons. The molecule has 0 radical (unpaired) electrons. The maximum atomic E-state index is 5.48. The lowest BCUT2D eigenvalue weighted by molar-refractivity contribution is 0.122. The van der Waals surface area contributed by atoms with Crippen LogP contribution in [-0.4, -0.2) is 68.3 Å². The van der Waals surface area contributed by atoms with Crippen LogP contribution in [0.25, 0.3) is 0 Å². The van der Waals surface area contributed by atoms with Crippen molar-refractivity contribution in [2.24, 2.45) is 4.99 Å². The van der Waals surface area contributed by atoms with Gasteiger partial charge in [-0.25, -0.2) is 4.98 Å². The molecular formula is C24H34N6O. The molecule has 7 heteroatoms. The third-order valence-corrected chi connectivity index (χ3v) is 6.03. The molecule has 7 nitrogen and oxygen atoms in total. The Labute approximate surface area is 185 Å². The highest BCUT2D eigenvalue weighted by molar-refractivity contribution is 5.80. The molecule has 0 atom stereocenters. The third kappa shape index (κ3) is 6.18. The van der Waals surface area contributed by atoms with Crippen LogP contribution in [0.3, 0.4) is 0 Å². The van der Waals surface area contributed by atoms with Gasteiger partial charge in [0.05, 0.1) is 13.2 Å². The number of nitrogens with zero attached hydrogens (tertiary/aromatic N) is 4. The Morgan fingerprint density at radius 1 is 1.06 bits per heavy atom. The molecule has 2 aromatic rings. The van der Waals surface area contributed by atoms with Crippen molar-refractivity contribution in [3.8, 4) is 0 Å². The number of ether oxygens (including phenoxy) is 1. The van der Waals surface area contributed by atoms with Crippen molar-refractivity contribution in [1.82, 2.24) is 20.5 Å². The number of likely N-dealkylation sites (tertiary alicyclic amines) is 1. The molecule has 2 aliphatic heterocycles. The fourth-order valence-electron chi connectivity index (χ4n) is 4.27. The average molecular weight is 423 g/mol. The summed E-state index contributed by atoms with van der Waals surface area (Å²) in [5.74, 6) is 1.90. The van der Waals surface area contributed by atoms with Gasteiger partial charge in [-0.1, -0.05) is 36.4 Å². The van der Waals surface area contributed by atoms with Gasteiger partial charge in [0.15, 0.2) is 5.96 Å². The Morgan fingerprint density at radius 3 is 2.58 bits per heavy atom. The van der Waals surface area contributed by atoms with Crippen LogP contribution < -0.4 is 15.5 Å². The Bertz CT molecular complexity index is 829. The van der Waals surface area contributed by atoms with Crippen molar-refractivity contribution < 1.29 is 4.74 Å². The second-order valence-corrected chi connectivity index (χ2v) is 8.19. The first-order chi connectivity index (χ1) is 15.3. The van der Waals surface area contributed by atoms with E-state index in [9.17, 15) is 0 Å². The summed E-state index contributed by atoms with van der Waals surface area (Å²) in [5.41, 5.74) is 2.57. The van der Waals surface area contributed by atoms with Crippen LogP contribution in [0.1, 0.15) is 24.0 Å². The number of morpholine rings is 1. The van der Waals surface area contributed by atoms with E-state index >= 15 is 0 Å². The molecule has 2 fully saturated rings. The maximum absolute atomic E-state index is 5.48. The minimum Gasteiger partial charge on any atom is -0.378 e. The summed E-state index contributed by atoms with van der Waals surface area (Å²) in [4.78, 5) is 13.9. The van der Waals surface area contributed by atoms with E-state index in [1.54, 1.807) is 0 Å². The fraction of sp³-hybridized carbons (Fsp3) is 0.500. The molecule has 2 saturated heterocycles. The van der Waals surface area contributed by atoms with E-state index in [2.05, 4.69) is 66.8 Å². The van der Waals surface area contributed by atoms with Gasteiger partial charge in [-0.2, -0.15) is 0 Å². The Hall–Kier alpha value is -2.64. The summed E-state index contributed by atoms with van der Waals surface area (Å²) < 4.78 is 5.48. The number of anilines is 1. The smallest absolute Gasteiger partial charge is 0.191 e. The number of hydrogen-bond acceptors (Lipinski definition) is 5. The van der Waals surface area contributed by atoms with Crippen molar-refractivity contribution in [2.75, 3.05) is 51.3 Å². The summed E-state index contributed by atoms with van der Waals surface area (Å²) in [6.07, 6.45) is 4.11. The minimum absolute atomic E-state index is 0.450. The monoisotopic (exact) mass is 422 g/mol. The van der Waals surface area contributed by atoms with Gasteiger partial charge < -0.3 is 20.3 Å². The molecule has 0 amide bonds. The maximum Gasteiger partial charge on any atom is 0.191 e. The predicted molar refractivity (Wildman–Crippen MR) is 125 cm³/mol. The predicted octanol–water partition coefficient (Wildman–Crippen LogP) is 2.25. The number of nitrogens with one attached hydrogen (secondary N) is 2. The Kier molecular flexibility index (Phi) is 7.74. The van der Waals surface area contributed by atoms with Gasteiger partial charge in [-0.3, -0.25) is 9.89 Å². The second-order valence-electron chi connectivity index (χ2n) is 8.19. The molecule has 0 unspecified atom stereocenters. The minimum atomic E-state index is 0.450. The first-order valence-electron chi connectivity index (χ1n) is 11.3. The lowest BCUT2D eigenvalue weighted by Crippen LogP contribution is -2.48. The summed E-state index contributed by atoms with van der Waals surface area (Å²) in [7, 11) is 1.84. The van der Waals surface area contributed by atoms with E-state index in [4.69, 9.17) is 4.74 Å². The highest BCUT2D eigenvalue weighted by atomic mass is 16.5. The molecule has 0 saturated carbocycles. The summed E-state index contributed by atoms with van der Waals surface area (Å²) >= 11 is 0. The van der Waals surface area contributed by atoms with Gasteiger partial charge in [0.1, 0.15) is 5.82 Å². The molecule has 0 aliphatic carbocycles. The zero-order chi connectivity index (χ0) is 21.3. The first kappa shape index (κ1) is 21.6. The largest absolute Gasteiger partial charge is 0.378 e. The topological polar surface area (TPSA) is 65.0 Å². The molecular weight excluding hydrogens is 388 g/mol. The van der Waals surface area contributed by atoms with Crippen LogP contribution in [0.4, 0.5) is 5.82 Å². The molecule has 31 heavy (non-hydrogen) atoms. The van der Waals surface area contributed by atoms with Crippen LogP contribution in [0.5, 0.6) is 0 Å². The number of aliphatic imine (C=N–C) groups is 1. The Balaban J connectivity index is 1.25. The lowest BCUT2D eigenvalue weighted by atomic mass is 10.0. The van der Waals surface area contributed by atoms with Crippen LogP contribution >= 0.6 is 0 Å². The van der Waals surface area contributed by atoms with E-state index in [0.717, 1.165) is 70.6 Å². The highest BCUT2D eigenvalue weighted by Gasteiger charge is 2.20. The number of aromatic nitrogens is 1. The van der Waals surface area contributed by atoms with Gasteiger partial charge >= 0.3 is 0 Å². The van der Waals surface area contributed by atoms with E-state index in [1.807, 2.05) is 19.3 Å². The zero-order valence-corrected chi connectivity index (χ0v) is 18.5. The van der Waals surface area contributed by atoms with Gasteiger partial charge in [0, 0.05) is 64.1 Å². The van der Waals surface area contributed by atoms with E-state index in [-0.39, 0.29) is 0 Å². The number of rotatable bonds is 6. The van der Waals surface area contributed by atoms with Gasteiger partial charge in [-0.15, -0.1) is 0 Å². The fourth-order valence-corrected chi connectivity index (χ4v) is 4.27.